The molecule has 186 valence electrons. The van der Waals surface area contributed by atoms with Crippen molar-refractivity contribution in [1.82, 2.24) is 4.98 Å². The maximum Gasteiger partial charge on any atom is 0.0750 e. The molecule has 1 nitrogen and oxygen atoms in total. The molecule has 2 aliphatic carbocycles. The third-order valence-electron chi connectivity index (χ3n) is 9.57. The van der Waals surface area contributed by atoms with E-state index in [9.17, 15) is 0 Å². The van der Waals surface area contributed by atoms with E-state index in [1.165, 1.54) is 76.8 Å². The van der Waals surface area contributed by atoms with Gasteiger partial charge in [0.1, 0.15) is 0 Å². The zero-order chi connectivity index (χ0) is 26.0. The number of pyridine rings is 1. The molecule has 2 aliphatic rings. The molecule has 0 saturated carbocycles. The van der Waals surface area contributed by atoms with Crippen LogP contribution in [0.25, 0.3) is 54.5 Å². The van der Waals surface area contributed by atoms with Gasteiger partial charge in [0, 0.05) is 22.8 Å². The Labute approximate surface area is 228 Å². The lowest BCUT2D eigenvalue weighted by atomic mass is 9.80. The molecule has 0 fully saturated rings. The summed E-state index contributed by atoms with van der Waals surface area (Å²) in [6, 6.07) is 36.5. The van der Waals surface area contributed by atoms with Gasteiger partial charge in [0.2, 0.25) is 0 Å². The Hall–Kier alpha value is -4.23. The highest BCUT2D eigenvalue weighted by Gasteiger charge is 2.44. The third kappa shape index (κ3) is 2.78. The summed E-state index contributed by atoms with van der Waals surface area (Å²) in [5.41, 5.74) is 11.0. The number of fused-ring (bicyclic) bond motifs is 11. The van der Waals surface area contributed by atoms with Crippen molar-refractivity contribution < 1.29 is 0 Å². The minimum absolute atomic E-state index is 0.113. The van der Waals surface area contributed by atoms with Crippen LogP contribution in [0.1, 0.15) is 66.8 Å². The van der Waals surface area contributed by atoms with Crippen LogP contribution in [0, 0.1) is 0 Å². The summed E-state index contributed by atoms with van der Waals surface area (Å²) in [6.45, 7) is 6.92. The largest absolute Gasteiger partial charge is 0.247 e. The molecule has 6 aromatic carbocycles. The first-order valence-electron chi connectivity index (χ1n) is 14.2. The molecule has 1 aromatic heterocycles. The first-order chi connectivity index (χ1) is 19.0. The van der Waals surface area contributed by atoms with Gasteiger partial charge in [-0.25, -0.2) is 4.98 Å². The fourth-order valence-electron chi connectivity index (χ4n) is 7.84. The second-order valence-electron chi connectivity index (χ2n) is 12.7. The number of hydrogen-bond donors (Lipinski definition) is 0. The minimum Gasteiger partial charge on any atom is -0.247 e. The second-order valence-corrected chi connectivity index (χ2v) is 12.7. The highest BCUT2D eigenvalue weighted by Crippen LogP contribution is 2.60. The van der Waals surface area contributed by atoms with E-state index in [4.69, 9.17) is 4.98 Å². The molecular weight excluding hydrogens is 470 g/mol. The zero-order valence-electron chi connectivity index (χ0n) is 22.5. The van der Waals surface area contributed by atoms with Gasteiger partial charge in [-0.1, -0.05) is 112 Å². The average Bonchev–Trinajstić information content (AvgIpc) is 3.53. The van der Waals surface area contributed by atoms with Crippen LogP contribution in [-0.4, -0.2) is 4.98 Å². The Morgan fingerprint density at radius 1 is 0.615 bits per heavy atom. The molecule has 39 heavy (non-hydrogen) atoms. The number of aromatic nitrogens is 1. The maximum atomic E-state index is 5.48. The molecule has 0 aliphatic heterocycles. The van der Waals surface area contributed by atoms with Gasteiger partial charge in [0.15, 0.2) is 0 Å². The normalized spacial score (nSPS) is 18.0. The fraction of sp³-hybridized carbons (Fsp3) is 0.184. The Bertz CT molecular complexity index is 2110. The fourth-order valence-corrected chi connectivity index (χ4v) is 7.84. The van der Waals surface area contributed by atoms with E-state index in [-0.39, 0.29) is 5.41 Å². The maximum absolute atomic E-state index is 5.48. The summed E-state index contributed by atoms with van der Waals surface area (Å²) < 4.78 is 0. The first kappa shape index (κ1) is 21.7. The predicted molar refractivity (Wildman–Crippen MR) is 164 cm³/mol. The van der Waals surface area contributed by atoms with Crippen LogP contribution in [0.2, 0.25) is 0 Å². The van der Waals surface area contributed by atoms with Crippen LogP contribution in [0.3, 0.4) is 0 Å². The van der Waals surface area contributed by atoms with Gasteiger partial charge in [0.25, 0.3) is 0 Å². The molecule has 2 unspecified atom stereocenters. The highest BCUT2D eigenvalue weighted by atomic mass is 14.7. The van der Waals surface area contributed by atoms with Gasteiger partial charge in [-0.05, 0) is 78.0 Å². The van der Waals surface area contributed by atoms with Gasteiger partial charge in [-0.3, -0.25) is 0 Å². The first-order valence-corrected chi connectivity index (χ1v) is 14.2. The lowest BCUT2D eigenvalue weighted by molar-refractivity contribution is 0.591. The van der Waals surface area contributed by atoms with Crippen molar-refractivity contribution in [2.45, 2.75) is 44.4 Å². The van der Waals surface area contributed by atoms with E-state index < -0.39 is 0 Å². The van der Waals surface area contributed by atoms with E-state index in [1.807, 2.05) is 0 Å². The summed E-state index contributed by atoms with van der Waals surface area (Å²) in [6.07, 6.45) is 1.16. The van der Waals surface area contributed by atoms with Gasteiger partial charge >= 0.3 is 0 Å². The Balaban J connectivity index is 1.45. The van der Waals surface area contributed by atoms with Crippen molar-refractivity contribution in [2.24, 2.45) is 0 Å². The van der Waals surface area contributed by atoms with E-state index >= 15 is 0 Å². The SMILES string of the molecule is CC(C)(C)c1cc2ccc3cc4nc(-c5ccccc5)c5c(c4c4ccc(c1)c2c34)C1CC5c2ccccc21. The van der Waals surface area contributed by atoms with Crippen molar-refractivity contribution in [1.29, 1.82) is 0 Å². The molecule has 7 aromatic rings. The summed E-state index contributed by atoms with van der Waals surface area (Å²) >= 11 is 0. The quantitative estimate of drug-likeness (QED) is 0.162. The Morgan fingerprint density at radius 3 is 1.92 bits per heavy atom. The van der Waals surface area contributed by atoms with Gasteiger partial charge < -0.3 is 0 Å². The van der Waals surface area contributed by atoms with Gasteiger partial charge in [0.05, 0.1) is 11.2 Å². The molecule has 9 rings (SSSR count). The summed E-state index contributed by atoms with van der Waals surface area (Å²) in [5.74, 6) is 0.848. The Kier molecular flexibility index (Phi) is 4.02. The lowest BCUT2D eigenvalue weighted by Gasteiger charge is -2.25. The smallest absolute Gasteiger partial charge is 0.0750 e. The van der Waals surface area contributed by atoms with Gasteiger partial charge in [-0.15, -0.1) is 0 Å². The van der Waals surface area contributed by atoms with Crippen molar-refractivity contribution in [3.8, 4) is 11.3 Å². The van der Waals surface area contributed by atoms with Gasteiger partial charge in [-0.2, -0.15) is 0 Å². The second kappa shape index (κ2) is 7.24. The molecule has 0 amide bonds. The lowest BCUT2D eigenvalue weighted by Crippen LogP contribution is -2.11. The number of nitrogens with zero attached hydrogens (tertiary/aromatic N) is 1. The minimum atomic E-state index is 0.113. The van der Waals surface area contributed by atoms with Crippen LogP contribution in [0.15, 0.2) is 97.1 Å². The molecule has 1 heterocycles. The van der Waals surface area contributed by atoms with Crippen LogP contribution in [0.4, 0.5) is 0 Å². The van der Waals surface area contributed by atoms with Crippen LogP contribution in [-0.2, 0) is 5.41 Å². The molecule has 0 spiro atoms. The Morgan fingerprint density at radius 2 is 1.23 bits per heavy atom. The van der Waals surface area contributed by atoms with Crippen molar-refractivity contribution >= 4 is 43.2 Å². The van der Waals surface area contributed by atoms with Crippen LogP contribution < -0.4 is 0 Å². The molecular formula is C38H29N. The molecule has 0 radical (unpaired) electrons. The summed E-state index contributed by atoms with van der Waals surface area (Å²) in [4.78, 5) is 5.48. The molecule has 2 atom stereocenters. The van der Waals surface area contributed by atoms with Crippen LogP contribution >= 0.6 is 0 Å². The molecule has 1 heteroatoms. The number of rotatable bonds is 1. The monoisotopic (exact) mass is 499 g/mol. The van der Waals surface area contributed by atoms with Crippen molar-refractivity contribution in [3.05, 3.63) is 125 Å². The van der Waals surface area contributed by atoms with E-state index in [0.717, 1.165) is 11.9 Å². The molecule has 0 saturated heterocycles. The number of hydrogen-bond acceptors (Lipinski definition) is 1. The molecule has 0 N–H and O–H groups in total. The van der Waals surface area contributed by atoms with Crippen molar-refractivity contribution in [2.75, 3.05) is 0 Å². The van der Waals surface area contributed by atoms with E-state index in [0.29, 0.717) is 11.8 Å². The summed E-state index contributed by atoms with van der Waals surface area (Å²) in [5, 5.41) is 9.48. The molecule has 2 bridgehead atoms. The van der Waals surface area contributed by atoms with E-state index in [2.05, 4.69) is 118 Å². The predicted octanol–water partition coefficient (Wildman–Crippen LogP) is 10.1. The third-order valence-corrected chi connectivity index (χ3v) is 9.57. The topological polar surface area (TPSA) is 12.9 Å². The number of benzene rings is 6. The average molecular weight is 500 g/mol. The summed E-state index contributed by atoms with van der Waals surface area (Å²) in [7, 11) is 0. The standard InChI is InChI=1S/C38H29N/c1-38(2,3)25-17-22-13-14-24-19-31-34(28-16-15-23(18-25)32(22)33(24)28)35-29-20-30(27-12-8-7-11-26(27)29)36(35)37(39-31)21-9-5-4-6-10-21/h4-19,29-30H,20H2,1-3H3. The zero-order valence-corrected chi connectivity index (χ0v) is 22.5. The van der Waals surface area contributed by atoms with Crippen LogP contribution in [0.5, 0.6) is 0 Å². The van der Waals surface area contributed by atoms with Crippen molar-refractivity contribution in [3.63, 3.8) is 0 Å². The highest BCUT2D eigenvalue weighted by molar-refractivity contribution is 6.29. The van der Waals surface area contributed by atoms with E-state index in [1.54, 1.807) is 0 Å².